The van der Waals surface area contributed by atoms with E-state index in [0.29, 0.717) is 22.7 Å². The number of alkyl halides is 5. The van der Waals surface area contributed by atoms with Crippen LogP contribution in [0.2, 0.25) is 0 Å². The van der Waals surface area contributed by atoms with Gasteiger partial charge in [0.05, 0.1) is 5.56 Å². The summed E-state index contributed by atoms with van der Waals surface area (Å²) < 4.78 is 69.6. The molecule has 8 nitrogen and oxygen atoms in total. The van der Waals surface area contributed by atoms with Gasteiger partial charge in [0.1, 0.15) is 11.4 Å². The fourth-order valence-corrected chi connectivity index (χ4v) is 3.87. The van der Waals surface area contributed by atoms with Crippen molar-refractivity contribution >= 4 is 23.1 Å². The Labute approximate surface area is 196 Å². The van der Waals surface area contributed by atoms with E-state index in [1.54, 1.807) is 12.3 Å². The molecule has 0 spiro atoms. The van der Waals surface area contributed by atoms with E-state index in [-0.39, 0.29) is 23.8 Å². The molecular formula is C22H22F5N5O3. The predicted molar refractivity (Wildman–Crippen MR) is 117 cm³/mol. The Balaban J connectivity index is 0.00000108. The number of hydrogen-bond acceptors (Lipinski definition) is 7. The van der Waals surface area contributed by atoms with Crippen LogP contribution in [0.3, 0.4) is 0 Å². The maximum atomic E-state index is 13.1. The Morgan fingerprint density at radius 2 is 1.97 bits per heavy atom. The lowest BCUT2D eigenvalue weighted by atomic mass is 10.0. The highest BCUT2D eigenvalue weighted by Gasteiger charge is 2.32. The fourth-order valence-electron chi connectivity index (χ4n) is 3.87. The number of likely N-dealkylation sites (N-methyl/N-ethyl adjacent to an activating group) is 1. The molecule has 3 aromatic rings. The highest BCUT2D eigenvalue weighted by Crippen LogP contribution is 2.39. The van der Waals surface area contributed by atoms with Gasteiger partial charge in [0.25, 0.3) is 6.47 Å². The Morgan fingerprint density at radius 3 is 2.63 bits per heavy atom. The number of pyridine rings is 1. The summed E-state index contributed by atoms with van der Waals surface area (Å²) in [5.74, 6) is -0.155. The lowest BCUT2D eigenvalue weighted by Crippen LogP contribution is -2.40. The topological polar surface area (TPSA) is 100 Å². The molecule has 35 heavy (non-hydrogen) atoms. The molecule has 1 aliphatic rings. The minimum Gasteiger partial charge on any atom is -0.483 e. The van der Waals surface area contributed by atoms with Gasteiger partial charge in [-0.1, -0.05) is 0 Å². The Bertz CT molecular complexity index is 1160. The summed E-state index contributed by atoms with van der Waals surface area (Å²) in [5.41, 5.74) is -1.00. The van der Waals surface area contributed by atoms with Gasteiger partial charge in [0.15, 0.2) is 5.82 Å². The maximum Gasteiger partial charge on any atom is 0.416 e. The smallest absolute Gasteiger partial charge is 0.416 e. The number of piperidine rings is 1. The second-order valence-electron chi connectivity index (χ2n) is 7.76. The third-order valence-corrected chi connectivity index (χ3v) is 5.33. The zero-order valence-corrected chi connectivity index (χ0v) is 18.5. The molecule has 2 aromatic heterocycles. The number of ether oxygens (including phenoxy) is 1. The largest absolute Gasteiger partial charge is 0.483 e. The van der Waals surface area contributed by atoms with Crippen molar-refractivity contribution < 1.29 is 36.6 Å². The van der Waals surface area contributed by atoms with E-state index >= 15 is 0 Å². The van der Waals surface area contributed by atoms with Crippen molar-refractivity contribution in [2.75, 3.05) is 25.5 Å². The van der Waals surface area contributed by atoms with E-state index in [2.05, 4.69) is 30.1 Å². The predicted octanol–water partition coefficient (Wildman–Crippen LogP) is 4.52. The molecule has 0 bridgehead atoms. The number of carbonyl (C=O) groups is 1. The first-order valence-electron chi connectivity index (χ1n) is 10.4. The average Bonchev–Trinajstić information content (AvgIpc) is 2.79. The summed E-state index contributed by atoms with van der Waals surface area (Å²) in [6.45, 7) is -1.73. The summed E-state index contributed by atoms with van der Waals surface area (Å²) in [6.07, 6.45) is 0.303. The Morgan fingerprint density at radius 1 is 1.23 bits per heavy atom. The van der Waals surface area contributed by atoms with Crippen molar-refractivity contribution in [2.45, 2.75) is 31.7 Å². The molecule has 188 valence electrons. The zero-order valence-electron chi connectivity index (χ0n) is 18.5. The molecule has 1 atom stereocenters. The lowest BCUT2D eigenvalue weighted by molar-refractivity contribution is -0.138. The van der Waals surface area contributed by atoms with Crippen LogP contribution in [0.25, 0.3) is 22.0 Å². The van der Waals surface area contributed by atoms with Crippen LogP contribution in [0.4, 0.5) is 27.8 Å². The summed E-state index contributed by atoms with van der Waals surface area (Å²) in [4.78, 5) is 14.7. The van der Waals surface area contributed by atoms with Crippen LogP contribution in [0.5, 0.6) is 5.75 Å². The van der Waals surface area contributed by atoms with Gasteiger partial charge in [0.2, 0.25) is 0 Å². The lowest BCUT2D eigenvalue weighted by Gasteiger charge is -2.30. The number of aromatic nitrogens is 3. The van der Waals surface area contributed by atoms with E-state index in [1.807, 2.05) is 7.05 Å². The maximum absolute atomic E-state index is 13.1. The number of fused-ring (bicyclic) bond motifs is 1. The van der Waals surface area contributed by atoms with Gasteiger partial charge in [-0.25, -0.2) is 0 Å². The van der Waals surface area contributed by atoms with Crippen molar-refractivity contribution in [3.63, 3.8) is 0 Å². The molecule has 1 saturated heterocycles. The molecule has 0 aliphatic carbocycles. The van der Waals surface area contributed by atoms with Crippen LogP contribution in [0.15, 0.2) is 36.7 Å². The van der Waals surface area contributed by atoms with Crippen molar-refractivity contribution in [2.24, 2.45) is 0 Å². The molecule has 0 saturated carbocycles. The first kappa shape index (κ1) is 26.0. The molecule has 1 fully saturated rings. The van der Waals surface area contributed by atoms with Crippen LogP contribution in [0.1, 0.15) is 18.4 Å². The van der Waals surface area contributed by atoms with Crippen molar-refractivity contribution in [1.82, 2.24) is 20.1 Å². The SMILES string of the molecule is CN1CCC[C@@H](Nc2nnc(-c3ccc(C(F)(F)F)cc3OC(F)F)c3ccncc23)C1.O=CO. The van der Waals surface area contributed by atoms with E-state index in [0.717, 1.165) is 38.1 Å². The highest BCUT2D eigenvalue weighted by atomic mass is 19.4. The summed E-state index contributed by atoms with van der Waals surface area (Å²) in [6, 6.07) is 4.16. The van der Waals surface area contributed by atoms with E-state index in [9.17, 15) is 22.0 Å². The number of nitrogens with one attached hydrogen (secondary N) is 1. The van der Waals surface area contributed by atoms with Crippen LogP contribution in [0, 0.1) is 0 Å². The fraction of sp³-hybridized carbons (Fsp3) is 0.364. The third-order valence-electron chi connectivity index (χ3n) is 5.33. The minimum absolute atomic E-state index is 0.0223. The standard InChI is InChI=1S/C21H20F5N5O.CH2O2/c1-31-8-2-3-13(11-31)28-19-16-10-27-7-6-14(16)18(29-30-19)15-5-4-12(21(24,25)26)9-17(15)32-20(22)23;2-1-3/h4-7,9-10,13,20H,2-3,8,11H2,1H3,(H,28,30);1H,(H,2,3)/t13-;/m1./s1. The third kappa shape index (κ3) is 6.50. The number of likely N-dealkylation sites (tertiary alicyclic amines) is 1. The molecule has 1 aromatic carbocycles. The highest BCUT2D eigenvalue weighted by molar-refractivity contribution is 6.00. The summed E-state index contributed by atoms with van der Waals surface area (Å²) in [7, 11) is 2.03. The van der Waals surface area contributed by atoms with Gasteiger partial charge in [0, 0.05) is 41.3 Å². The van der Waals surface area contributed by atoms with Crippen molar-refractivity contribution in [3.8, 4) is 17.0 Å². The molecule has 1 aliphatic heterocycles. The second kappa shape index (κ2) is 11.2. The van der Waals surface area contributed by atoms with E-state index in [4.69, 9.17) is 9.90 Å². The van der Waals surface area contributed by atoms with Gasteiger partial charge < -0.3 is 20.1 Å². The van der Waals surface area contributed by atoms with Gasteiger partial charge in [-0.2, -0.15) is 22.0 Å². The van der Waals surface area contributed by atoms with Gasteiger partial charge in [-0.05, 0) is 50.7 Å². The quantitative estimate of drug-likeness (QED) is 0.391. The molecule has 0 radical (unpaired) electrons. The number of hydrogen-bond donors (Lipinski definition) is 2. The number of halogens is 5. The average molecular weight is 499 g/mol. The molecule has 0 unspecified atom stereocenters. The zero-order chi connectivity index (χ0) is 25.6. The normalized spacial score (nSPS) is 16.5. The van der Waals surface area contributed by atoms with Gasteiger partial charge in [-0.3, -0.25) is 9.78 Å². The molecule has 3 heterocycles. The van der Waals surface area contributed by atoms with E-state index in [1.165, 1.54) is 6.20 Å². The number of anilines is 1. The van der Waals surface area contributed by atoms with Crippen LogP contribution in [-0.2, 0) is 11.0 Å². The molecule has 4 rings (SSSR count). The number of carboxylic acid groups (broad SMARTS) is 1. The van der Waals surface area contributed by atoms with Crippen LogP contribution >= 0.6 is 0 Å². The summed E-state index contributed by atoms with van der Waals surface area (Å²) in [5, 5.41) is 19.7. The van der Waals surface area contributed by atoms with E-state index < -0.39 is 24.1 Å². The van der Waals surface area contributed by atoms with Gasteiger partial charge >= 0.3 is 12.8 Å². The number of rotatable bonds is 5. The summed E-state index contributed by atoms with van der Waals surface area (Å²) >= 11 is 0. The first-order valence-corrected chi connectivity index (χ1v) is 10.4. The van der Waals surface area contributed by atoms with Crippen molar-refractivity contribution in [3.05, 3.63) is 42.2 Å². The minimum atomic E-state index is -4.71. The molecule has 0 amide bonds. The molecular weight excluding hydrogens is 477 g/mol. The number of nitrogens with zero attached hydrogens (tertiary/aromatic N) is 4. The van der Waals surface area contributed by atoms with Crippen LogP contribution in [-0.4, -0.2) is 64.5 Å². The molecule has 2 N–H and O–H groups in total. The van der Waals surface area contributed by atoms with Gasteiger partial charge in [-0.15, -0.1) is 10.2 Å². The Kier molecular flexibility index (Phi) is 8.33. The first-order chi connectivity index (χ1) is 16.6. The monoisotopic (exact) mass is 499 g/mol. The number of benzene rings is 1. The molecule has 13 heteroatoms. The van der Waals surface area contributed by atoms with Crippen LogP contribution < -0.4 is 10.1 Å². The van der Waals surface area contributed by atoms with Crippen molar-refractivity contribution in [1.29, 1.82) is 0 Å². The Hall–Kier alpha value is -3.61. The second-order valence-corrected chi connectivity index (χ2v) is 7.76.